The van der Waals surface area contributed by atoms with Crippen LogP contribution >= 0.6 is 0 Å². The summed E-state index contributed by atoms with van der Waals surface area (Å²) in [5, 5.41) is 1.02. The monoisotopic (exact) mass is 473 g/mol. The van der Waals surface area contributed by atoms with Gasteiger partial charge in [0.15, 0.2) is 0 Å². The predicted octanol–water partition coefficient (Wildman–Crippen LogP) is 1.83. The molecule has 35 heavy (non-hydrogen) atoms. The summed E-state index contributed by atoms with van der Waals surface area (Å²) < 4.78 is 7.62. The van der Waals surface area contributed by atoms with E-state index in [1.807, 2.05) is 39.9 Å². The van der Waals surface area contributed by atoms with Crippen molar-refractivity contribution in [2.75, 3.05) is 44.3 Å². The smallest absolute Gasteiger partial charge is 0.248 e. The van der Waals surface area contributed by atoms with E-state index in [-0.39, 0.29) is 5.91 Å². The van der Waals surface area contributed by atoms with Gasteiger partial charge in [-0.05, 0) is 24.3 Å². The molecule has 0 bridgehead atoms. The molecule has 3 heterocycles. The van der Waals surface area contributed by atoms with Crippen LogP contribution < -0.4 is 10.6 Å². The van der Waals surface area contributed by atoms with Gasteiger partial charge in [-0.1, -0.05) is 18.2 Å². The number of aromatic nitrogens is 4. The van der Waals surface area contributed by atoms with E-state index >= 15 is 0 Å². The number of para-hydroxylation sites is 1. The largest absolute Gasteiger partial charge is 0.379 e. The topological polar surface area (TPSA) is 119 Å². The minimum atomic E-state index is -0.472. The zero-order valence-electron chi connectivity index (χ0n) is 19.3. The van der Waals surface area contributed by atoms with Crippen molar-refractivity contribution >= 4 is 39.7 Å². The molecule has 0 aliphatic carbocycles. The summed E-state index contributed by atoms with van der Waals surface area (Å²) in [6, 6.07) is 13.1. The average Bonchev–Trinajstić information content (AvgIpc) is 3.30. The predicted molar refractivity (Wildman–Crippen MR) is 132 cm³/mol. The van der Waals surface area contributed by atoms with Gasteiger partial charge in [0.25, 0.3) is 0 Å². The molecule has 180 valence electrons. The van der Waals surface area contributed by atoms with E-state index in [4.69, 9.17) is 10.5 Å². The Balaban J connectivity index is 1.06. The van der Waals surface area contributed by atoms with E-state index in [2.05, 4.69) is 19.9 Å². The van der Waals surface area contributed by atoms with Gasteiger partial charge < -0.3 is 24.8 Å². The van der Waals surface area contributed by atoms with Gasteiger partial charge in [0, 0.05) is 49.9 Å². The number of hydrogen-bond acceptors (Lipinski definition) is 7. The summed E-state index contributed by atoms with van der Waals surface area (Å²) in [7, 11) is 0. The fourth-order valence-electron chi connectivity index (χ4n) is 4.24. The summed E-state index contributed by atoms with van der Waals surface area (Å²) in [4.78, 5) is 41.5. The van der Waals surface area contributed by atoms with Crippen molar-refractivity contribution in [3.05, 3.63) is 60.6 Å². The van der Waals surface area contributed by atoms with Crippen molar-refractivity contribution in [1.82, 2.24) is 24.4 Å². The number of amides is 2. The number of fused-ring (bicyclic) bond motifs is 2. The lowest BCUT2D eigenvalue weighted by atomic mass is 10.2. The van der Waals surface area contributed by atoms with Crippen LogP contribution in [-0.2, 0) is 16.1 Å². The molecule has 1 saturated heterocycles. The Hall–Kier alpha value is -4.05. The second kappa shape index (κ2) is 10.1. The van der Waals surface area contributed by atoms with Crippen LogP contribution in [0.2, 0.25) is 0 Å². The van der Waals surface area contributed by atoms with E-state index in [1.165, 1.54) is 0 Å². The average molecular weight is 474 g/mol. The number of anilines is 1. The maximum atomic E-state index is 12.6. The van der Waals surface area contributed by atoms with Crippen molar-refractivity contribution < 1.29 is 14.3 Å². The number of rotatable bonds is 8. The molecule has 2 aromatic carbocycles. The Morgan fingerprint density at radius 1 is 0.971 bits per heavy atom. The van der Waals surface area contributed by atoms with Gasteiger partial charge in [0.2, 0.25) is 17.8 Å². The molecule has 1 aliphatic heterocycles. The first-order chi connectivity index (χ1) is 17.1. The third-order valence-electron chi connectivity index (χ3n) is 6.23. The van der Waals surface area contributed by atoms with Gasteiger partial charge in [-0.25, -0.2) is 15.0 Å². The number of nitrogens with zero attached hydrogens (tertiary/aromatic N) is 6. The zero-order valence-corrected chi connectivity index (χ0v) is 19.3. The number of nitrogens with two attached hydrogens (primary N) is 1. The lowest BCUT2D eigenvalue weighted by Gasteiger charge is -2.34. The first kappa shape index (κ1) is 22.7. The van der Waals surface area contributed by atoms with Gasteiger partial charge >= 0.3 is 0 Å². The number of hydrogen-bond donors (Lipinski definition) is 1. The molecular formula is C25H27N7O3. The molecule has 10 nitrogen and oxygen atoms in total. The number of ether oxygens (including phenoxy) is 1. The highest BCUT2D eigenvalue weighted by atomic mass is 16.5. The SMILES string of the molecule is NC(=O)c1ccc2ncn(CCOCCC(=O)N3CCN(c4ncc5ccccc5n4)CC3)c2c1. The molecule has 2 aromatic heterocycles. The molecule has 0 unspecified atom stereocenters. The number of piperazine rings is 1. The van der Waals surface area contributed by atoms with E-state index in [9.17, 15) is 9.59 Å². The van der Waals surface area contributed by atoms with E-state index in [0.717, 1.165) is 21.9 Å². The first-order valence-electron chi connectivity index (χ1n) is 11.7. The fraction of sp³-hybridized carbons (Fsp3) is 0.320. The van der Waals surface area contributed by atoms with Crippen LogP contribution in [0.25, 0.3) is 21.9 Å². The fourth-order valence-corrected chi connectivity index (χ4v) is 4.24. The summed E-state index contributed by atoms with van der Waals surface area (Å²) in [6.07, 6.45) is 3.89. The number of primary amides is 1. The molecule has 0 spiro atoms. The van der Waals surface area contributed by atoms with E-state index < -0.39 is 5.91 Å². The quantitative estimate of drug-likeness (QED) is 0.388. The molecule has 4 aromatic rings. The molecule has 2 N–H and O–H groups in total. The molecule has 0 atom stereocenters. The highest BCUT2D eigenvalue weighted by molar-refractivity contribution is 5.96. The maximum absolute atomic E-state index is 12.6. The maximum Gasteiger partial charge on any atom is 0.248 e. The molecule has 5 rings (SSSR count). The minimum Gasteiger partial charge on any atom is -0.379 e. The Labute approximate surface area is 202 Å². The lowest BCUT2D eigenvalue weighted by molar-refractivity contribution is -0.132. The standard InChI is InChI=1S/C25H27N7O3/c26-24(34)18-5-6-21-22(15-18)32(17-28-21)12-14-35-13-7-23(33)30-8-10-31(11-9-30)25-27-16-19-3-1-2-4-20(19)29-25/h1-6,15-17H,7-14H2,(H2,26,34). The summed E-state index contributed by atoms with van der Waals surface area (Å²) in [5.41, 5.74) is 8.35. The molecule has 2 amide bonds. The van der Waals surface area contributed by atoms with E-state index in [1.54, 1.807) is 24.5 Å². The van der Waals surface area contributed by atoms with Crippen LogP contribution in [-0.4, -0.2) is 75.6 Å². The highest BCUT2D eigenvalue weighted by Gasteiger charge is 2.22. The molecule has 1 aliphatic rings. The van der Waals surface area contributed by atoms with Crippen molar-refractivity contribution in [2.24, 2.45) is 5.73 Å². The third kappa shape index (κ3) is 5.07. The summed E-state index contributed by atoms with van der Waals surface area (Å²) in [5.74, 6) is 0.317. The number of carbonyl (C=O) groups excluding carboxylic acids is 2. The van der Waals surface area contributed by atoms with Crippen LogP contribution in [0.4, 0.5) is 5.95 Å². The minimum absolute atomic E-state index is 0.0864. The molecule has 0 radical (unpaired) electrons. The summed E-state index contributed by atoms with van der Waals surface area (Å²) in [6.45, 7) is 4.03. The Morgan fingerprint density at radius 2 is 1.80 bits per heavy atom. The van der Waals surface area contributed by atoms with Crippen LogP contribution in [0, 0.1) is 0 Å². The Morgan fingerprint density at radius 3 is 2.63 bits per heavy atom. The highest BCUT2D eigenvalue weighted by Crippen LogP contribution is 2.17. The van der Waals surface area contributed by atoms with E-state index in [0.29, 0.717) is 63.9 Å². The number of benzene rings is 2. The van der Waals surface area contributed by atoms with Gasteiger partial charge in [-0.15, -0.1) is 0 Å². The van der Waals surface area contributed by atoms with Gasteiger partial charge in [-0.2, -0.15) is 0 Å². The van der Waals surface area contributed by atoms with Crippen LogP contribution in [0.5, 0.6) is 0 Å². The molecule has 1 fully saturated rings. The summed E-state index contributed by atoms with van der Waals surface area (Å²) >= 11 is 0. The first-order valence-corrected chi connectivity index (χ1v) is 11.7. The van der Waals surface area contributed by atoms with Crippen molar-refractivity contribution in [1.29, 1.82) is 0 Å². The third-order valence-corrected chi connectivity index (χ3v) is 6.23. The molecule has 0 saturated carbocycles. The molecule has 10 heteroatoms. The van der Waals surface area contributed by atoms with Crippen molar-refractivity contribution in [2.45, 2.75) is 13.0 Å². The second-order valence-electron chi connectivity index (χ2n) is 8.46. The molecular weight excluding hydrogens is 446 g/mol. The van der Waals surface area contributed by atoms with Crippen LogP contribution in [0.3, 0.4) is 0 Å². The Kier molecular flexibility index (Phi) is 6.53. The Bertz CT molecular complexity index is 1360. The van der Waals surface area contributed by atoms with Crippen molar-refractivity contribution in [3.63, 3.8) is 0 Å². The van der Waals surface area contributed by atoms with Gasteiger partial charge in [-0.3, -0.25) is 9.59 Å². The normalized spacial score (nSPS) is 14.1. The van der Waals surface area contributed by atoms with Crippen LogP contribution in [0.15, 0.2) is 55.0 Å². The van der Waals surface area contributed by atoms with Gasteiger partial charge in [0.05, 0.1) is 42.5 Å². The zero-order chi connectivity index (χ0) is 24.2. The van der Waals surface area contributed by atoms with Crippen LogP contribution in [0.1, 0.15) is 16.8 Å². The lowest BCUT2D eigenvalue weighted by Crippen LogP contribution is -2.49. The van der Waals surface area contributed by atoms with Gasteiger partial charge in [0.1, 0.15) is 0 Å². The second-order valence-corrected chi connectivity index (χ2v) is 8.46. The number of imidazole rings is 1. The number of carbonyl (C=O) groups is 2. The van der Waals surface area contributed by atoms with Crippen molar-refractivity contribution in [3.8, 4) is 0 Å².